The summed E-state index contributed by atoms with van der Waals surface area (Å²) in [7, 11) is 0. The van der Waals surface area contributed by atoms with Crippen LogP contribution in [-0.4, -0.2) is 22.8 Å². The van der Waals surface area contributed by atoms with Crippen molar-refractivity contribution in [3.8, 4) is 0 Å². The van der Waals surface area contributed by atoms with Crippen LogP contribution in [0.2, 0.25) is 0 Å². The van der Waals surface area contributed by atoms with Crippen LogP contribution < -0.4 is 0 Å². The van der Waals surface area contributed by atoms with Gasteiger partial charge in [-0.1, -0.05) is 33.6 Å². The number of rotatable bonds is 4. The smallest absolute Gasteiger partial charge is 0.306 e. The number of ether oxygens (including phenoxy) is 1. The van der Waals surface area contributed by atoms with Gasteiger partial charge in [-0.3, -0.25) is 4.79 Å². The summed E-state index contributed by atoms with van der Waals surface area (Å²) < 4.78 is 5.56. The van der Waals surface area contributed by atoms with Crippen molar-refractivity contribution in [3.05, 3.63) is 0 Å². The Balaban J connectivity index is 1.45. The van der Waals surface area contributed by atoms with E-state index in [1.54, 1.807) is 0 Å². The van der Waals surface area contributed by atoms with Crippen LogP contribution in [-0.2, 0) is 9.53 Å². The van der Waals surface area contributed by atoms with E-state index in [1.807, 2.05) is 20.8 Å². The third-order valence-corrected chi connectivity index (χ3v) is 10.6. The average Bonchev–Trinajstić information content (AvgIpc) is 3.02. The third-order valence-electron chi connectivity index (χ3n) is 10.6. The van der Waals surface area contributed by atoms with Crippen molar-refractivity contribution in [2.24, 2.45) is 46.3 Å². The molecule has 3 heteroatoms. The van der Waals surface area contributed by atoms with Gasteiger partial charge >= 0.3 is 5.97 Å². The Morgan fingerprint density at radius 2 is 1.74 bits per heavy atom. The first-order valence-electron chi connectivity index (χ1n) is 13.4. The molecule has 0 saturated heterocycles. The maximum Gasteiger partial charge on any atom is 0.306 e. The molecular formula is C28H48O3. The number of carbonyl (C=O) groups excluding carboxylic acids is 1. The zero-order valence-electron chi connectivity index (χ0n) is 21.1. The van der Waals surface area contributed by atoms with Crippen LogP contribution >= 0.6 is 0 Å². The van der Waals surface area contributed by atoms with E-state index in [1.165, 1.54) is 51.4 Å². The molecule has 0 radical (unpaired) electrons. The Bertz CT molecular complexity index is 666. The van der Waals surface area contributed by atoms with E-state index in [2.05, 4.69) is 20.8 Å². The molecule has 0 aromatic carbocycles. The molecule has 0 bridgehead atoms. The van der Waals surface area contributed by atoms with Gasteiger partial charge in [0.25, 0.3) is 0 Å². The van der Waals surface area contributed by atoms with Gasteiger partial charge in [0.1, 0.15) is 5.60 Å². The van der Waals surface area contributed by atoms with Crippen molar-refractivity contribution >= 4 is 5.97 Å². The third kappa shape index (κ3) is 4.22. The van der Waals surface area contributed by atoms with Crippen LogP contribution in [0.4, 0.5) is 0 Å². The highest BCUT2D eigenvalue weighted by Gasteiger charge is 2.62. The fraction of sp³-hybridized carbons (Fsp3) is 0.964. The van der Waals surface area contributed by atoms with E-state index in [4.69, 9.17) is 4.74 Å². The van der Waals surface area contributed by atoms with Crippen molar-refractivity contribution in [1.82, 2.24) is 0 Å². The predicted octanol–water partition coefficient (Wildman–Crippen LogP) is 6.76. The number of carbonyl (C=O) groups is 1. The lowest BCUT2D eigenvalue weighted by Gasteiger charge is -2.62. The molecule has 0 aromatic heterocycles. The van der Waals surface area contributed by atoms with Gasteiger partial charge in [0.2, 0.25) is 0 Å². The number of fused-ring (bicyclic) bond motifs is 5. The highest BCUT2D eigenvalue weighted by molar-refractivity contribution is 5.69. The van der Waals surface area contributed by atoms with Crippen molar-refractivity contribution in [1.29, 1.82) is 0 Å². The maximum absolute atomic E-state index is 12.3. The Kier molecular flexibility index (Phi) is 6.34. The standard InChI is InChI=1S/C28H48O3/c1-18(10-13-24(30)31-26(2,3)4)20-11-12-21-25-22(14-16-28(20,21)6)27(5)15-8-7-9-19(27)17-23(25)29/h18-23,25,29H,7-17H2,1-6H3/t18-,19?,20?,21?,22?,23-,25?,27+,28-/m1/s1. The molecule has 0 aromatic rings. The molecule has 4 rings (SSSR count). The number of hydrogen-bond acceptors (Lipinski definition) is 3. The molecule has 4 fully saturated rings. The minimum Gasteiger partial charge on any atom is -0.460 e. The van der Waals surface area contributed by atoms with Gasteiger partial charge in [-0.15, -0.1) is 0 Å². The highest BCUT2D eigenvalue weighted by atomic mass is 16.6. The van der Waals surface area contributed by atoms with E-state index in [0.29, 0.717) is 40.9 Å². The molecule has 1 N–H and O–H groups in total. The van der Waals surface area contributed by atoms with E-state index in [9.17, 15) is 9.90 Å². The first-order valence-corrected chi connectivity index (χ1v) is 13.4. The summed E-state index contributed by atoms with van der Waals surface area (Å²) in [6.45, 7) is 13.3. The summed E-state index contributed by atoms with van der Waals surface area (Å²) in [5.41, 5.74) is 0.393. The predicted molar refractivity (Wildman–Crippen MR) is 125 cm³/mol. The van der Waals surface area contributed by atoms with Crippen LogP contribution in [0.3, 0.4) is 0 Å². The molecule has 4 aliphatic rings. The summed E-state index contributed by atoms with van der Waals surface area (Å²) in [4.78, 5) is 12.3. The molecular weight excluding hydrogens is 384 g/mol. The number of hydrogen-bond donors (Lipinski definition) is 1. The monoisotopic (exact) mass is 432 g/mol. The molecule has 3 nitrogen and oxygen atoms in total. The van der Waals surface area contributed by atoms with Crippen molar-refractivity contribution in [3.63, 3.8) is 0 Å². The van der Waals surface area contributed by atoms with Gasteiger partial charge < -0.3 is 9.84 Å². The zero-order chi connectivity index (χ0) is 22.6. The fourth-order valence-corrected chi connectivity index (χ4v) is 9.17. The first-order chi connectivity index (χ1) is 14.5. The summed E-state index contributed by atoms with van der Waals surface area (Å²) in [5.74, 6) is 3.78. The Morgan fingerprint density at radius 3 is 2.45 bits per heavy atom. The summed E-state index contributed by atoms with van der Waals surface area (Å²) >= 11 is 0. The highest BCUT2D eigenvalue weighted by Crippen LogP contribution is 2.68. The summed E-state index contributed by atoms with van der Waals surface area (Å²) in [6, 6.07) is 0. The lowest BCUT2D eigenvalue weighted by molar-refractivity contribution is -0.165. The van der Waals surface area contributed by atoms with Gasteiger partial charge in [0.15, 0.2) is 0 Å². The summed E-state index contributed by atoms with van der Waals surface area (Å²) in [6.07, 6.45) is 13.0. The van der Waals surface area contributed by atoms with Gasteiger partial charge in [0, 0.05) is 6.42 Å². The van der Waals surface area contributed by atoms with Gasteiger partial charge in [-0.2, -0.15) is 0 Å². The van der Waals surface area contributed by atoms with Crippen molar-refractivity contribution in [2.45, 2.75) is 124 Å². The minimum absolute atomic E-state index is 0.0540. The molecule has 9 atom stereocenters. The van der Waals surface area contributed by atoms with E-state index in [0.717, 1.165) is 24.7 Å². The van der Waals surface area contributed by atoms with Crippen LogP contribution in [0.25, 0.3) is 0 Å². The number of esters is 1. The molecule has 4 aliphatic carbocycles. The van der Waals surface area contributed by atoms with Gasteiger partial charge in [0.05, 0.1) is 6.10 Å². The molecule has 5 unspecified atom stereocenters. The lowest BCUT2D eigenvalue weighted by Crippen LogP contribution is -2.57. The molecule has 0 heterocycles. The van der Waals surface area contributed by atoms with Gasteiger partial charge in [-0.25, -0.2) is 0 Å². The Hall–Kier alpha value is -0.570. The molecule has 0 spiro atoms. The lowest BCUT2D eigenvalue weighted by atomic mass is 9.44. The molecule has 178 valence electrons. The first kappa shape index (κ1) is 23.6. The average molecular weight is 433 g/mol. The second-order valence-electron chi connectivity index (χ2n) is 13.4. The second-order valence-corrected chi connectivity index (χ2v) is 13.4. The zero-order valence-corrected chi connectivity index (χ0v) is 21.1. The van der Waals surface area contributed by atoms with E-state index < -0.39 is 5.60 Å². The SMILES string of the molecule is C[C@H](CCC(=O)OC(C)(C)C)C1CCC2C3C(CC[C@@]21C)[C@@]1(C)CCCCC1C[C@H]3O. The Labute approximate surface area is 191 Å². The van der Waals surface area contributed by atoms with E-state index >= 15 is 0 Å². The van der Waals surface area contributed by atoms with Crippen molar-refractivity contribution < 1.29 is 14.6 Å². The van der Waals surface area contributed by atoms with Gasteiger partial charge in [-0.05, 0) is 118 Å². The topological polar surface area (TPSA) is 46.5 Å². The number of aliphatic hydroxyl groups excluding tert-OH is 1. The minimum atomic E-state index is -0.395. The Morgan fingerprint density at radius 1 is 1.03 bits per heavy atom. The van der Waals surface area contributed by atoms with Crippen LogP contribution in [0.1, 0.15) is 112 Å². The van der Waals surface area contributed by atoms with Crippen LogP contribution in [0, 0.1) is 46.3 Å². The van der Waals surface area contributed by atoms with E-state index in [-0.39, 0.29) is 12.1 Å². The largest absolute Gasteiger partial charge is 0.460 e. The number of aliphatic hydroxyl groups is 1. The second kappa shape index (κ2) is 8.33. The molecule has 4 saturated carbocycles. The van der Waals surface area contributed by atoms with Crippen molar-refractivity contribution in [2.75, 3.05) is 0 Å². The quantitative estimate of drug-likeness (QED) is 0.499. The van der Waals surface area contributed by atoms with Crippen LogP contribution in [0.5, 0.6) is 0 Å². The van der Waals surface area contributed by atoms with Crippen LogP contribution in [0.15, 0.2) is 0 Å². The normalized spacial score (nSPS) is 45.9. The molecule has 31 heavy (non-hydrogen) atoms. The molecule has 0 aliphatic heterocycles. The molecule has 0 amide bonds. The summed E-state index contributed by atoms with van der Waals surface area (Å²) in [5, 5.41) is 11.4. The fourth-order valence-electron chi connectivity index (χ4n) is 9.17. The maximum atomic E-state index is 12.3.